The first kappa shape index (κ1) is 41.0. The summed E-state index contributed by atoms with van der Waals surface area (Å²) in [5.74, 6) is 0.478. The van der Waals surface area contributed by atoms with Crippen LogP contribution in [0.15, 0.2) is 64.7 Å². The molecular weight excluding hydrogens is 709 g/mol. The number of aliphatic hydroxyl groups is 3. The van der Waals surface area contributed by atoms with Gasteiger partial charge in [-0.05, 0) is 117 Å². The maximum absolute atomic E-state index is 15.4. The molecule has 0 radical (unpaired) electrons. The van der Waals surface area contributed by atoms with E-state index < -0.39 is 54.6 Å². The van der Waals surface area contributed by atoms with Crippen molar-refractivity contribution in [3.8, 4) is 0 Å². The Balaban J connectivity index is 0.964. The van der Waals surface area contributed by atoms with Crippen molar-refractivity contribution in [3.63, 3.8) is 0 Å². The number of nitrogen functional groups attached to an aromatic ring is 1. The zero-order valence-corrected chi connectivity index (χ0v) is 32.3. The number of aliphatic hydroxyl groups excluding tert-OH is 3. The fraction of sp³-hybridized carbons (Fsp3) is 0.667. The molecule has 55 heavy (non-hydrogen) atoms. The highest BCUT2D eigenvalue weighted by atomic mass is 19.1. The zero-order chi connectivity index (χ0) is 39.7. The molecule has 0 aromatic carbocycles. The second-order valence-electron chi connectivity index (χ2n) is 16.9. The highest BCUT2D eigenvalue weighted by Crippen LogP contribution is 2.59. The molecule has 1 aromatic heterocycles. The minimum absolute atomic E-state index is 0.0286. The molecule has 0 spiro atoms. The van der Waals surface area contributed by atoms with Gasteiger partial charge in [-0.3, -0.25) is 14.2 Å². The average molecular weight is 768 g/mol. The number of aromatic nitrogens is 2. The molecule has 2 heterocycles. The van der Waals surface area contributed by atoms with Crippen molar-refractivity contribution in [2.24, 2.45) is 29.1 Å². The number of allylic oxidation sites excluding steroid dienone is 4. The largest absolute Gasteiger partial charge is 0.463 e. The monoisotopic (exact) mass is 767 g/mol. The van der Waals surface area contributed by atoms with E-state index >= 15 is 4.39 Å². The molecule has 5 fully saturated rings. The van der Waals surface area contributed by atoms with Crippen molar-refractivity contribution in [2.45, 2.75) is 140 Å². The average Bonchev–Trinajstić information content (AvgIpc) is 3.87. The number of nitrogens with zero attached hydrogens (tertiary/aromatic N) is 2. The van der Waals surface area contributed by atoms with E-state index in [1.807, 2.05) is 0 Å². The molecular formula is C42H58FN3O9. The molecule has 0 bridgehead atoms. The first-order valence-corrected chi connectivity index (χ1v) is 19.9. The number of hydrogen-bond acceptors (Lipinski definition) is 11. The molecule has 6 rings (SSSR count). The number of hydrogen-bond donors (Lipinski definition) is 4. The summed E-state index contributed by atoms with van der Waals surface area (Å²) < 4.78 is 33.1. The Morgan fingerprint density at radius 1 is 1.15 bits per heavy atom. The molecule has 1 aliphatic heterocycles. The first-order valence-electron chi connectivity index (χ1n) is 19.9. The van der Waals surface area contributed by atoms with E-state index in [0.29, 0.717) is 36.2 Å². The lowest BCUT2D eigenvalue weighted by atomic mass is 9.61. The zero-order valence-electron chi connectivity index (χ0n) is 32.3. The van der Waals surface area contributed by atoms with E-state index in [0.717, 1.165) is 62.0 Å². The van der Waals surface area contributed by atoms with Crippen molar-refractivity contribution in [1.29, 1.82) is 0 Å². The first-order chi connectivity index (χ1) is 26.1. The van der Waals surface area contributed by atoms with Crippen LogP contribution in [0.5, 0.6) is 0 Å². The summed E-state index contributed by atoms with van der Waals surface area (Å²) in [5, 5.41) is 31.0. The number of halogens is 1. The minimum atomic E-state index is -2.37. The van der Waals surface area contributed by atoms with Crippen molar-refractivity contribution >= 4 is 17.8 Å². The number of carbonyl (C=O) groups excluding carboxylic acids is 2. The number of nitrogens with two attached hydrogens (primary N) is 1. The lowest BCUT2D eigenvalue weighted by Gasteiger charge is -2.44. The molecule has 1 saturated heterocycles. The standard InChI is InChI=1S/C42H58FN3O9/c1-24(30-15-16-31-26(7-6-19-41(30,31)3)11-14-28-21-29(47)22-32(48)25(28)2)10-17-33(27-12-13-27)54-37(50)9-5-8-36(49)53-23-34-38(51)42(4,43)39(55-34)46-20-18-35(44)45-40(46)52/h10-11,14,17-18,20,24,27,29-34,38-39,47-48,51H,2,5-9,12-13,15-16,19,21-23H2,1,3-4H3,(H2,44,45,52)/b17-10+,26-11+,28-14-/t24-,29+,30?,31?,32-,33?,34?,38?,39?,41+,42?/m0/s1. The highest BCUT2D eigenvalue weighted by molar-refractivity contribution is 5.72. The van der Waals surface area contributed by atoms with Crippen LogP contribution in [0.1, 0.15) is 104 Å². The molecule has 7 unspecified atom stereocenters. The summed E-state index contributed by atoms with van der Waals surface area (Å²) in [4.78, 5) is 41.2. The summed E-state index contributed by atoms with van der Waals surface area (Å²) in [6, 6.07) is 1.31. The Hall–Kier alpha value is -3.65. The van der Waals surface area contributed by atoms with Crippen LogP contribution in [0, 0.1) is 29.1 Å². The van der Waals surface area contributed by atoms with E-state index in [1.54, 1.807) is 0 Å². The topological polar surface area (TPSA) is 183 Å². The predicted molar refractivity (Wildman–Crippen MR) is 203 cm³/mol. The molecule has 5 aliphatic rings. The highest BCUT2D eigenvalue weighted by Gasteiger charge is 2.56. The third-order valence-corrected chi connectivity index (χ3v) is 12.9. The second-order valence-corrected chi connectivity index (χ2v) is 16.9. The van der Waals surface area contributed by atoms with Crippen molar-refractivity contribution in [1.82, 2.24) is 9.55 Å². The van der Waals surface area contributed by atoms with Gasteiger partial charge in [-0.2, -0.15) is 4.98 Å². The van der Waals surface area contributed by atoms with Gasteiger partial charge in [0.25, 0.3) is 0 Å². The van der Waals surface area contributed by atoms with Crippen molar-refractivity contribution in [3.05, 3.63) is 70.3 Å². The van der Waals surface area contributed by atoms with Gasteiger partial charge in [0.1, 0.15) is 30.7 Å². The van der Waals surface area contributed by atoms with Crippen LogP contribution in [-0.4, -0.2) is 79.6 Å². The van der Waals surface area contributed by atoms with Crippen LogP contribution in [0.3, 0.4) is 0 Å². The normalized spacial score (nSPS) is 36.3. The van der Waals surface area contributed by atoms with E-state index in [1.165, 1.54) is 17.8 Å². The van der Waals surface area contributed by atoms with Gasteiger partial charge in [0.15, 0.2) is 11.9 Å². The van der Waals surface area contributed by atoms with Crippen molar-refractivity contribution < 1.29 is 43.5 Å². The van der Waals surface area contributed by atoms with E-state index in [-0.39, 0.29) is 48.5 Å². The molecule has 11 atom stereocenters. The molecule has 13 heteroatoms. The smallest absolute Gasteiger partial charge is 0.351 e. The third-order valence-electron chi connectivity index (χ3n) is 12.9. The minimum Gasteiger partial charge on any atom is -0.463 e. The van der Waals surface area contributed by atoms with Crippen LogP contribution < -0.4 is 11.4 Å². The summed E-state index contributed by atoms with van der Waals surface area (Å²) >= 11 is 0. The molecule has 302 valence electrons. The van der Waals surface area contributed by atoms with Crippen LogP contribution >= 0.6 is 0 Å². The Morgan fingerprint density at radius 3 is 2.62 bits per heavy atom. The van der Waals surface area contributed by atoms with Gasteiger partial charge in [0, 0.05) is 25.5 Å². The Labute approximate surface area is 322 Å². The molecule has 12 nitrogen and oxygen atoms in total. The summed E-state index contributed by atoms with van der Waals surface area (Å²) in [5.41, 5.74) is 5.54. The second kappa shape index (κ2) is 16.8. The van der Waals surface area contributed by atoms with Gasteiger partial charge in [-0.25, -0.2) is 9.18 Å². The molecule has 4 saturated carbocycles. The Bertz CT molecular complexity index is 1750. The van der Waals surface area contributed by atoms with Gasteiger partial charge in [0.2, 0.25) is 0 Å². The summed E-state index contributed by atoms with van der Waals surface area (Å²) in [6.07, 6.45) is 12.4. The van der Waals surface area contributed by atoms with E-state index in [9.17, 15) is 29.7 Å². The van der Waals surface area contributed by atoms with Crippen LogP contribution in [0.25, 0.3) is 0 Å². The maximum atomic E-state index is 15.4. The van der Waals surface area contributed by atoms with Crippen molar-refractivity contribution in [2.75, 3.05) is 12.3 Å². The van der Waals surface area contributed by atoms with Crippen LogP contribution in [0.2, 0.25) is 0 Å². The molecule has 0 amide bonds. The lowest BCUT2D eigenvalue weighted by molar-refractivity contribution is -0.151. The maximum Gasteiger partial charge on any atom is 0.351 e. The molecule has 4 aliphatic carbocycles. The number of fused-ring (bicyclic) bond motifs is 1. The van der Waals surface area contributed by atoms with Crippen LogP contribution in [-0.2, 0) is 23.8 Å². The SMILES string of the molecule is C=C1/C(=C\C=C2/CCC[C@@]3(C)C2CCC3[C@@H](C)/C=C/C(OC(=O)CCCC(=O)OCC2OC(n3ccc(N)nc3=O)C(C)(F)C2O)C2CC2)C[C@@H](O)C[C@@H]1O. The van der Waals surface area contributed by atoms with Gasteiger partial charge in [0.05, 0.1) is 12.2 Å². The Kier molecular flexibility index (Phi) is 12.5. The fourth-order valence-electron chi connectivity index (χ4n) is 9.53. The van der Waals surface area contributed by atoms with Gasteiger partial charge in [-0.1, -0.05) is 44.2 Å². The predicted octanol–water partition coefficient (Wildman–Crippen LogP) is 5.18. The number of alkyl halides is 1. The molecule has 5 N–H and O–H groups in total. The summed E-state index contributed by atoms with van der Waals surface area (Å²) in [6.45, 7) is 9.42. The fourth-order valence-corrected chi connectivity index (χ4v) is 9.53. The van der Waals surface area contributed by atoms with Crippen LogP contribution in [0.4, 0.5) is 10.2 Å². The van der Waals surface area contributed by atoms with Gasteiger partial charge < -0.3 is 35.3 Å². The number of carbonyl (C=O) groups is 2. The molecule has 1 aromatic rings. The quantitative estimate of drug-likeness (QED) is 0.153. The number of rotatable bonds is 13. The number of ether oxygens (including phenoxy) is 3. The Morgan fingerprint density at radius 2 is 1.89 bits per heavy atom. The van der Waals surface area contributed by atoms with Gasteiger partial charge in [-0.15, -0.1) is 0 Å². The summed E-state index contributed by atoms with van der Waals surface area (Å²) in [7, 11) is 0. The van der Waals surface area contributed by atoms with Gasteiger partial charge >= 0.3 is 17.6 Å². The number of anilines is 1. The number of esters is 2. The third kappa shape index (κ3) is 9.16. The van der Waals surface area contributed by atoms with E-state index in [2.05, 4.69) is 49.7 Å². The lowest BCUT2D eigenvalue weighted by Crippen LogP contribution is -2.43. The van der Waals surface area contributed by atoms with E-state index in [4.69, 9.17) is 19.9 Å².